The van der Waals surface area contributed by atoms with Gasteiger partial charge in [0, 0.05) is 35.1 Å². The van der Waals surface area contributed by atoms with Gasteiger partial charge >= 0.3 is 0 Å². The Morgan fingerprint density at radius 1 is 1.25 bits per heavy atom. The first-order valence-corrected chi connectivity index (χ1v) is 7.74. The maximum atomic E-state index is 13.2. The number of aromatic nitrogens is 1. The number of rotatable bonds is 3. The molecule has 0 atom stereocenters. The molecule has 3 rings (SSSR count). The summed E-state index contributed by atoms with van der Waals surface area (Å²) < 4.78 is 13.2. The minimum absolute atomic E-state index is 0.274. The zero-order chi connectivity index (χ0) is 16.9. The number of nitrogens with one attached hydrogen (secondary N) is 2. The van der Waals surface area contributed by atoms with Crippen LogP contribution in [0.1, 0.15) is 16.7 Å². The lowest BCUT2D eigenvalue weighted by molar-refractivity contribution is -0.115. The minimum atomic E-state index is -0.336. The fraction of sp³-hybridized carbons (Fsp3) is 0.150. The van der Waals surface area contributed by atoms with Crippen LogP contribution in [-0.4, -0.2) is 17.4 Å². The average molecular weight is 320 g/mol. The molecule has 1 aromatic heterocycles. The number of benzene rings is 2. The van der Waals surface area contributed by atoms with Crippen molar-refractivity contribution < 1.29 is 9.18 Å². The number of fused-ring (bicyclic) bond motifs is 1. The molecule has 0 saturated heterocycles. The van der Waals surface area contributed by atoms with E-state index in [4.69, 9.17) is 0 Å². The van der Waals surface area contributed by atoms with Gasteiger partial charge in [0.15, 0.2) is 0 Å². The van der Waals surface area contributed by atoms with Crippen molar-refractivity contribution in [3.8, 4) is 11.8 Å². The summed E-state index contributed by atoms with van der Waals surface area (Å²) in [5, 5.41) is 3.95. The number of aromatic amines is 1. The summed E-state index contributed by atoms with van der Waals surface area (Å²) in [5.74, 6) is 4.67. The molecule has 0 aliphatic rings. The van der Waals surface area contributed by atoms with Gasteiger partial charge in [-0.25, -0.2) is 4.39 Å². The Hall–Kier alpha value is -3.06. The third-order valence-electron chi connectivity index (χ3n) is 3.83. The molecule has 1 heterocycles. The van der Waals surface area contributed by atoms with Crippen molar-refractivity contribution in [1.29, 1.82) is 0 Å². The maximum Gasteiger partial charge on any atom is 0.296 e. The topological polar surface area (TPSA) is 44.9 Å². The van der Waals surface area contributed by atoms with Crippen LogP contribution < -0.4 is 5.32 Å². The molecule has 0 aliphatic heterocycles. The van der Waals surface area contributed by atoms with E-state index in [1.165, 1.54) is 11.5 Å². The van der Waals surface area contributed by atoms with Crippen LogP contribution in [0.25, 0.3) is 10.9 Å². The summed E-state index contributed by atoms with van der Waals surface area (Å²) in [6.07, 6.45) is 2.69. The van der Waals surface area contributed by atoms with Crippen LogP contribution in [0.15, 0.2) is 48.7 Å². The number of H-pyrrole nitrogens is 1. The number of hydrogen-bond acceptors (Lipinski definition) is 1. The van der Waals surface area contributed by atoms with Gasteiger partial charge < -0.3 is 10.3 Å². The number of halogens is 1. The lowest BCUT2D eigenvalue weighted by atomic mass is 10.1. The maximum absolute atomic E-state index is 13.2. The summed E-state index contributed by atoms with van der Waals surface area (Å²) in [6, 6.07) is 12.6. The van der Waals surface area contributed by atoms with Crippen molar-refractivity contribution in [1.82, 2.24) is 10.3 Å². The van der Waals surface area contributed by atoms with E-state index in [1.807, 2.05) is 24.4 Å². The summed E-state index contributed by atoms with van der Waals surface area (Å²) in [4.78, 5) is 15.0. The Kier molecular flexibility index (Phi) is 4.62. The molecule has 3 aromatic rings. The quantitative estimate of drug-likeness (QED) is 0.714. The minimum Gasteiger partial charge on any atom is -0.361 e. The number of hydrogen-bond donors (Lipinski definition) is 2. The molecule has 0 unspecified atom stereocenters. The molecule has 2 aromatic carbocycles. The van der Waals surface area contributed by atoms with Crippen molar-refractivity contribution in [2.75, 3.05) is 6.54 Å². The number of amides is 1. The first-order valence-electron chi connectivity index (χ1n) is 7.74. The number of carbonyl (C=O) groups is 1. The first-order chi connectivity index (χ1) is 11.6. The fourth-order valence-corrected chi connectivity index (χ4v) is 2.54. The molecule has 2 N–H and O–H groups in total. The van der Waals surface area contributed by atoms with Gasteiger partial charge in [0.05, 0.1) is 0 Å². The predicted octanol–water partition coefficient (Wildman–Crippen LogP) is 3.33. The number of aryl methyl sites for hydroxylation is 1. The van der Waals surface area contributed by atoms with Crippen LogP contribution in [0.2, 0.25) is 0 Å². The summed E-state index contributed by atoms with van der Waals surface area (Å²) in [5.41, 5.74) is 3.39. The second-order valence-corrected chi connectivity index (χ2v) is 5.58. The third-order valence-corrected chi connectivity index (χ3v) is 3.83. The lowest BCUT2D eigenvalue weighted by Crippen LogP contribution is -2.23. The molecule has 0 bridgehead atoms. The van der Waals surface area contributed by atoms with Crippen molar-refractivity contribution in [2.24, 2.45) is 0 Å². The molecule has 0 saturated carbocycles. The standard InChI is InChI=1S/C20H17FN2O/c1-14-12-15(6-8-18(14)21)7-9-20(24)22-11-10-16-13-23-19-5-3-2-4-17(16)19/h2-6,8,12-13,23H,10-11H2,1H3,(H,22,24). The van der Waals surface area contributed by atoms with E-state index in [0.29, 0.717) is 17.7 Å². The number of para-hydroxylation sites is 1. The van der Waals surface area contributed by atoms with E-state index in [9.17, 15) is 9.18 Å². The molecule has 0 radical (unpaired) electrons. The normalized spacial score (nSPS) is 10.2. The Labute approximate surface area is 139 Å². The van der Waals surface area contributed by atoms with Gasteiger partial charge in [0.1, 0.15) is 5.82 Å². The molecular formula is C20H17FN2O. The Balaban J connectivity index is 1.56. The SMILES string of the molecule is Cc1cc(C#CC(=O)NCCc2c[nH]c3ccccc23)ccc1F. The van der Waals surface area contributed by atoms with Gasteiger partial charge in [0.25, 0.3) is 5.91 Å². The first kappa shape index (κ1) is 15.8. The summed E-state index contributed by atoms with van der Waals surface area (Å²) in [7, 11) is 0. The third kappa shape index (κ3) is 3.64. The smallest absolute Gasteiger partial charge is 0.296 e. The van der Waals surface area contributed by atoms with Crippen molar-refractivity contribution in [3.63, 3.8) is 0 Å². The van der Waals surface area contributed by atoms with E-state index in [1.54, 1.807) is 19.1 Å². The van der Waals surface area contributed by atoms with Crippen LogP contribution >= 0.6 is 0 Å². The molecule has 1 amide bonds. The molecular weight excluding hydrogens is 303 g/mol. The fourth-order valence-electron chi connectivity index (χ4n) is 2.54. The predicted molar refractivity (Wildman–Crippen MR) is 93.0 cm³/mol. The highest BCUT2D eigenvalue weighted by atomic mass is 19.1. The van der Waals surface area contributed by atoms with Crippen molar-refractivity contribution >= 4 is 16.8 Å². The Morgan fingerprint density at radius 3 is 2.92 bits per heavy atom. The van der Waals surface area contributed by atoms with Crippen LogP contribution in [0.4, 0.5) is 4.39 Å². The summed E-state index contributed by atoms with van der Waals surface area (Å²) in [6.45, 7) is 2.18. The average Bonchev–Trinajstić information content (AvgIpc) is 2.99. The molecule has 24 heavy (non-hydrogen) atoms. The highest BCUT2D eigenvalue weighted by molar-refractivity contribution is 5.94. The largest absolute Gasteiger partial charge is 0.361 e. The van der Waals surface area contributed by atoms with Gasteiger partial charge in [0.2, 0.25) is 0 Å². The monoisotopic (exact) mass is 320 g/mol. The lowest BCUT2D eigenvalue weighted by Gasteiger charge is -2.00. The number of carbonyl (C=O) groups excluding carboxylic acids is 1. The van der Waals surface area contributed by atoms with Crippen LogP contribution in [0, 0.1) is 24.6 Å². The van der Waals surface area contributed by atoms with Crippen molar-refractivity contribution in [2.45, 2.75) is 13.3 Å². The Morgan fingerprint density at radius 2 is 2.08 bits per heavy atom. The van der Waals surface area contributed by atoms with Crippen LogP contribution in [0.3, 0.4) is 0 Å². The molecule has 120 valence electrons. The van der Waals surface area contributed by atoms with Gasteiger partial charge in [-0.05, 0) is 48.7 Å². The van der Waals surface area contributed by atoms with E-state index in [2.05, 4.69) is 28.2 Å². The highest BCUT2D eigenvalue weighted by Crippen LogP contribution is 2.17. The highest BCUT2D eigenvalue weighted by Gasteiger charge is 2.03. The van der Waals surface area contributed by atoms with Gasteiger partial charge in [-0.1, -0.05) is 24.1 Å². The summed E-state index contributed by atoms with van der Waals surface area (Å²) >= 11 is 0. The molecule has 4 heteroatoms. The molecule has 0 spiro atoms. The zero-order valence-corrected chi connectivity index (χ0v) is 13.3. The van der Waals surface area contributed by atoms with E-state index >= 15 is 0 Å². The van der Waals surface area contributed by atoms with Gasteiger partial charge in [-0.15, -0.1) is 0 Å². The molecule has 3 nitrogen and oxygen atoms in total. The van der Waals surface area contributed by atoms with Gasteiger partial charge in [-0.2, -0.15) is 0 Å². The molecule has 0 fully saturated rings. The van der Waals surface area contributed by atoms with E-state index < -0.39 is 0 Å². The van der Waals surface area contributed by atoms with Crippen LogP contribution in [-0.2, 0) is 11.2 Å². The second-order valence-electron chi connectivity index (χ2n) is 5.58. The van der Waals surface area contributed by atoms with Crippen molar-refractivity contribution in [3.05, 3.63) is 71.2 Å². The van der Waals surface area contributed by atoms with Crippen LogP contribution in [0.5, 0.6) is 0 Å². The Bertz CT molecular complexity index is 947. The molecule has 0 aliphatic carbocycles. The van der Waals surface area contributed by atoms with E-state index in [0.717, 1.165) is 17.5 Å². The van der Waals surface area contributed by atoms with Gasteiger partial charge in [-0.3, -0.25) is 4.79 Å². The zero-order valence-electron chi connectivity index (χ0n) is 13.3. The van der Waals surface area contributed by atoms with E-state index in [-0.39, 0.29) is 11.7 Å². The second kappa shape index (κ2) is 7.01.